The lowest BCUT2D eigenvalue weighted by molar-refractivity contribution is 0.389. The first kappa shape index (κ1) is 20.3. The van der Waals surface area contributed by atoms with Crippen LogP contribution in [0.5, 0.6) is 5.75 Å². The second-order valence-electron chi connectivity index (χ2n) is 5.96. The Labute approximate surface area is 170 Å². The van der Waals surface area contributed by atoms with Crippen molar-refractivity contribution in [3.8, 4) is 17.0 Å². The number of sulfonamides is 1. The summed E-state index contributed by atoms with van der Waals surface area (Å²) in [4.78, 5) is 8.63. The summed E-state index contributed by atoms with van der Waals surface area (Å²) in [6.07, 6.45) is 3.69. The number of methoxy groups -OCH3 is 1. The van der Waals surface area contributed by atoms with Crippen molar-refractivity contribution in [1.29, 1.82) is 0 Å². The highest BCUT2D eigenvalue weighted by molar-refractivity contribution is 9.10. The zero-order valence-corrected chi connectivity index (χ0v) is 17.9. The Bertz CT molecular complexity index is 1130. The van der Waals surface area contributed by atoms with Gasteiger partial charge in [-0.05, 0) is 34.5 Å². The zero-order valence-electron chi connectivity index (χ0n) is 15.5. The van der Waals surface area contributed by atoms with Crippen molar-refractivity contribution in [3.63, 3.8) is 0 Å². The van der Waals surface area contributed by atoms with Gasteiger partial charge in [-0.2, -0.15) is 0 Å². The third kappa shape index (κ3) is 3.90. The van der Waals surface area contributed by atoms with Crippen LogP contribution in [0, 0.1) is 5.82 Å². The molecule has 2 heterocycles. The number of hydrogen-bond donors (Lipinski definition) is 2. The molecule has 0 bridgehead atoms. The van der Waals surface area contributed by atoms with E-state index < -0.39 is 15.8 Å². The van der Waals surface area contributed by atoms with Gasteiger partial charge < -0.3 is 10.1 Å². The lowest BCUT2D eigenvalue weighted by Crippen LogP contribution is -2.17. The summed E-state index contributed by atoms with van der Waals surface area (Å²) in [6.45, 7) is 1.75. The maximum Gasteiger partial charge on any atom is 0.232 e. The standard InChI is InChI=1S/C17H19BrFN5O3S/c1-4-5-28(25,26)23-12-7-10(6-11(19)15(12)27-3)13-8-21-17-16(20-2)22-14(18)9-24(13)17/h6-9,23H,4-5H2,1-3H3,(H,20,22). The molecular weight excluding hydrogens is 453 g/mol. The van der Waals surface area contributed by atoms with Gasteiger partial charge in [-0.25, -0.2) is 22.8 Å². The molecule has 11 heteroatoms. The minimum Gasteiger partial charge on any atom is -0.492 e. The monoisotopic (exact) mass is 471 g/mol. The fourth-order valence-corrected chi connectivity index (χ4v) is 4.36. The van der Waals surface area contributed by atoms with E-state index in [2.05, 4.69) is 35.9 Å². The minimum atomic E-state index is -3.63. The number of fused-ring (bicyclic) bond motifs is 1. The third-order valence-corrected chi connectivity index (χ3v) is 5.84. The number of nitrogens with one attached hydrogen (secondary N) is 2. The number of benzene rings is 1. The Kier molecular flexibility index (Phi) is 5.75. The molecule has 0 aliphatic rings. The Morgan fingerprint density at radius 2 is 2.11 bits per heavy atom. The molecule has 0 amide bonds. The molecule has 3 rings (SSSR count). The highest BCUT2D eigenvalue weighted by atomic mass is 79.9. The van der Waals surface area contributed by atoms with Crippen molar-refractivity contribution in [3.05, 3.63) is 34.9 Å². The number of aromatic nitrogens is 3. The quantitative estimate of drug-likeness (QED) is 0.547. The zero-order chi connectivity index (χ0) is 20.5. The van der Waals surface area contributed by atoms with Crippen molar-refractivity contribution in [2.75, 3.05) is 29.9 Å². The summed E-state index contributed by atoms with van der Waals surface area (Å²) in [5, 5.41) is 2.95. The molecule has 0 aliphatic heterocycles. The van der Waals surface area contributed by atoms with E-state index in [1.165, 1.54) is 19.2 Å². The first-order valence-electron chi connectivity index (χ1n) is 8.39. The van der Waals surface area contributed by atoms with E-state index in [-0.39, 0.29) is 17.2 Å². The average Bonchev–Trinajstić information content (AvgIpc) is 3.04. The number of imidazole rings is 1. The molecule has 0 radical (unpaired) electrons. The van der Waals surface area contributed by atoms with E-state index in [1.807, 2.05) is 0 Å². The van der Waals surface area contributed by atoms with E-state index in [0.717, 1.165) is 0 Å². The van der Waals surface area contributed by atoms with Crippen molar-refractivity contribution in [2.24, 2.45) is 0 Å². The van der Waals surface area contributed by atoms with Crippen molar-refractivity contribution < 1.29 is 17.5 Å². The van der Waals surface area contributed by atoms with Gasteiger partial charge in [0.2, 0.25) is 10.0 Å². The molecule has 2 N–H and O–H groups in total. The summed E-state index contributed by atoms with van der Waals surface area (Å²) >= 11 is 3.34. The predicted octanol–water partition coefficient (Wildman–Crippen LogP) is 3.50. The fourth-order valence-electron chi connectivity index (χ4n) is 2.85. The first-order chi connectivity index (χ1) is 13.3. The molecule has 0 atom stereocenters. The summed E-state index contributed by atoms with van der Waals surface area (Å²) in [5.41, 5.74) is 1.57. The molecule has 0 saturated heterocycles. The van der Waals surface area contributed by atoms with Crippen LogP contribution >= 0.6 is 15.9 Å². The van der Waals surface area contributed by atoms with Crippen molar-refractivity contribution in [1.82, 2.24) is 14.4 Å². The van der Waals surface area contributed by atoms with Crippen LogP contribution in [-0.4, -0.2) is 42.7 Å². The molecule has 0 saturated carbocycles. The van der Waals surface area contributed by atoms with Crippen molar-refractivity contribution >= 4 is 43.1 Å². The fraction of sp³-hybridized carbons (Fsp3) is 0.294. The molecule has 0 spiro atoms. The third-order valence-electron chi connectivity index (χ3n) is 3.98. The summed E-state index contributed by atoms with van der Waals surface area (Å²) in [7, 11) is -0.623. The Balaban J connectivity index is 2.18. The normalized spacial score (nSPS) is 11.6. The number of hydrogen-bond acceptors (Lipinski definition) is 6. The predicted molar refractivity (Wildman–Crippen MR) is 110 cm³/mol. The number of anilines is 2. The molecule has 3 aromatic rings. The van der Waals surface area contributed by atoms with E-state index in [0.29, 0.717) is 33.7 Å². The largest absolute Gasteiger partial charge is 0.492 e. The Morgan fingerprint density at radius 1 is 1.36 bits per heavy atom. The van der Waals surface area contributed by atoms with Crippen LogP contribution in [0.4, 0.5) is 15.9 Å². The topological polar surface area (TPSA) is 97.6 Å². The van der Waals surface area contributed by atoms with Gasteiger partial charge in [0, 0.05) is 18.8 Å². The van der Waals surface area contributed by atoms with Crippen LogP contribution in [0.15, 0.2) is 29.1 Å². The number of ether oxygens (including phenoxy) is 1. The second kappa shape index (κ2) is 7.92. The van der Waals surface area contributed by atoms with Crippen LogP contribution in [0.3, 0.4) is 0 Å². The van der Waals surface area contributed by atoms with E-state index in [9.17, 15) is 12.8 Å². The van der Waals surface area contributed by atoms with Crippen LogP contribution in [-0.2, 0) is 10.0 Å². The van der Waals surface area contributed by atoms with E-state index in [1.54, 1.807) is 30.8 Å². The smallest absolute Gasteiger partial charge is 0.232 e. The highest BCUT2D eigenvalue weighted by Crippen LogP contribution is 2.35. The lowest BCUT2D eigenvalue weighted by Gasteiger charge is -2.14. The highest BCUT2D eigenvalue weighted by Gasteiger charge is 2.20. The first-order valence-corrected chi connectivity index (χ1v) is 10.8. The van der Waals surface area contributed by atoms with Crippen LogP contribution in [0.25, 0.3) is 16.9 Å². The summed E-state index contributed by atoms with van der Waals surface area (Å²) in [6, 6.07) is 2.79. The van der Waals surface area contributed by atoms with Gasteiger partial charge >= 0.3 is 0 Å². The maximum atomic E-state index is 14.7. The van der Waals surface area contributed by atoms with Gasteiger partial charge in [0.05, 0.1) is 30.4 Å². The molecule has 0 fully saturated rings. The van der Waals surface area contributed by atoms with Crippen LogP contribution in [0.2, 0.25) is 0 Å². The second-order valence-corrected chi connectivity index (χ2v) is 8.61. The van der Waals surface area contributed by atoms with Crippen LogP contribution < -0.4 is 14.8 Å². The maximum absolute atomic E-state index is 14.7. The molecule has 28 heavy (non-hydrogen) atoms. The Morgan fingerprint density at radius 3 is 2.75 bits per heavy atom. The van der Waals surface area contributed by atoms with Gasteiger partial charge in [0.25, 0.3) is 0 Å². The molecule has 2 aromatic heterocycles. The average molecular weight is 472 g/mol. The van der Waals surface area contributed by atoms with Gasteiger partial charge in [-0.15, -0.1) is 0 Å². The molecule has 0 aliphatic carbocycles. The summed E-state index contributed by atoms with van der Waals surface area (Å²) < 4.78 is 48.8. The summed E-state index contributed by atoms with van der Waals surface area (Å²) in [5.74, 6) is -0.400. The van der Waals surface area contributed by atoms with E-state index in [4.69, 9.17) is 4.74 Å². The number of nitrogens with zero attached hydrogens (tertiary/aromatic N) is 3. The van der Waals surface area contributed by atoms with Gasteiger partial charge in [0.1, 0.15) is 4.60 Å². The number of rotatable bonds is 7. The minimum absolute atomic E-state index is 0.0304. The molecule has 8 nitrogen and oxygen atoms in total. The van der Waals surface area contributed by atoms with Gasteiger partial charge in [-0.3, -0.25) is 9.12 Å². The molecule has 150 valence electrons. The van der Waals surface area contributed by atoms with Gasteiger partial charge in [-0.1, -0.05) is 6.92 Å². The Hall–Kier alpha value is -2.40. The molecular formula is C17H19BrFN5O3S. The lowest BCUT2D eigenvalue weighted by atomic mass is 10.1. The number of halogens is 2. The van der Waals surface area contributed by atoms with Crippen LogP contribution in [0.1, 0.15) is 13.3 Å². The molecule has 1 aromatic carbocycles. The van der Waals surface area contributed by atoms with E-state index >= 15 is 0 Å². The van der Waals surface area contributed by atoms with Crippen molar-refractivity contribution in [2.45, 2.75) is 13.3 Å². The molecule has 0 unspecified atom stereocenters. The van der Waals surface area contributed by atoms with Gasteiger partial charge in [0.15, 0.2) is 23.0 Å². The SMILES string of the molecule is CCCS(=O)(=O)Nc1cc(-c2cnc3c(NC)nc(Br)cn23)cc(F)c1OC.